The maximum absolute atomic E-state index is 5.69. The lowest BCUT2D eigenvalue weighted by Crippen LogP contribution is -2.29. The van der Waals surface area contributed by atoms with Crippen LogP contribution in [-0.2, 0) is 0 Å². The molecule has 0 heterocycles. The summed E-state index contributed by atoms with van der Waals surface area (Å²) in [6.07, 6.45) is 1.18. The van der Waals surface area contributed by atoms with E-state index in [0.29, 0.717) is 11.6 Å². The predicted octanol–water partition coefficient (Wildman–Crippen LogP) is 2.43. The van der Waals surface area contributed by atoms with Crippen LogP contribution in [0.3, 0.4) is 0 Å². The fourth-order valence-corrected chi connectivity index (χ4v) is 1.89. The Bertz CT molecular complexity index is 365. The van der Waals surface area contributed by atoms with Gasteiger partial charge in [-0.2, -0.15) is 0 Å². The number of likely N-dealkylation sites (N-methyl/N-ethyl adjacent to an activating group) is 1. The number of thiocarbonyl (C=S) groups is 1. The fraction of sp³-hybridized carbons (Fsp3) is 0.500. The molecule has 18 heavy (non-hydrogen) atoms. The molecular weight excluding hydrogens is 244 g/mol. The van der Waals surface area contributed by atoms with Crippen LogP contribution in [0, 0.1) is 0 Å². The zero-order chi connectivity index (χ0) is 13.4. The predicted molar refractivity (Wildman–Crippen MR) is 80.2 cm³/mol. The van der Waals surface area contributed by atoms with Crippen molar-refractivity contribution < 1.29 is 4.74 Å². The highest BCUT2D eigenvalue weighted by molar-refractivity contribution is 7.80. The number of nitrogens with two attached hydrogens (primary N) is 1. The van der Waals surface area contributed by atoms with E-state index in [-0.39, 0.29) is 0 Å². The topological polar surface area (TPSA) is 38.5 Å². The number of hydrogen-bond donors (Lipinski definition) is 1. The second-order valence-corrected chi connectivity index (χ2v) is 4.61. The third kappa shape index (κ3) is 5.02. The van der Waals surface area contributed by atoms with Crippen molar-refractivity contribution in [2.75, 3.05) is 26.2 Å². The van der Waals surface area contributed by atoms with E-state index in [9.17, 15) is 0 Å². The second-order valence-electron chi connectivity index (χ2n) is 4.17. The molecule has 0 aromatic heterocycles. The number of hydrogen-bond acceptors (Lipinski definition) is 3. The van der Waals surface area contributed by atoms with Crippen LogP contribution in [0.1, 0.15) is 25.8 Å². The van der Waals surface area contributed by atoms with E-state index >= 15 is 0 Å². The normalized spacial score (nSPS) is 10.6. The average molecular weight is 266 g/mol. The number of ether oxygens (including phenoxy) is 1. The molecule has 0 radical (unpaired) electrons. The molecular formula is C14H22N2OS. The van der Waals surface area contributed by atoms with Crippen LogP contribution >= 0.6 is 12.2 Å². The van der Waals surface area contributed by atoms with Gasteiger partial charge in [0.05, 0.1) is 0 Å². The molecule has 0 aliphatic rings. The molecule has 0 atom stereocenters. The molecule has 0 bridgehead atoms. The molecule has 3 nitrogen and oxygen atoms in total. The van der Waals surface area contributed by atoms with Crippen LogP contribution in [0.15, 0.2) is 24.3 Å². The first kappa shape index (κ1) is 14.9. The molecule has 2 N–H and O–H groups in total. The summed E-state index contributed by atoms with van der Waals surface area (Å²) in [6, 6.07) is 7.60. The summed E-state index contributed by atoms with van der Waals surface area (Å²) in [7, 11) is 0. The van der Waals surface area contributed by atoms with E-state index in [1.54, 1.807) is 0 Å². The summed E-state index contributed by atoms with van der Waals surface area (Å²) in [6.45, 7) is 8.23. The lowest BCUT2D eigenvalue weighted by atomic mass is 10.2. The molecule has 0 aliphatic carbocycles. The first-order valence-electron chi connectivity index (χ1n) is 6.42. The van der Waals surface area contributed by atoms with Gasteiger partial charge in [0.2, 0.25) is 0 Å². The molecule has 1 rings (SSSR count). The largest absolute Gasteiger partial charge is 0.492 e. The van der Waals surface area contributed by atoms with Crippen molar-refractivity contribution in [2.24, 2.45) is 5.73 Å². The molecule has 0 unspecified atom stereocenters. The summed E-state index contributed by atoms with van der Waals surface area (Å²) in [5, 5.41) is 0. The molecule has 1 aromatic carbocycles. The monoisotopic (exact) mass is 266 g/mol. The molecule has 0 saturated carbocycles. The zero-order valence-electron chi connectivity index (χ0n) is 11.2. The van der Waals surface area contributed by atoms with Gasteiger partial charge in [0, 0.05) is 12.1 Å². The zero-order valence-corrected chi connectivity index (χ0v) is 12.0. The van der Waals surface area contributed by atoms with Crippen LogP contribution in [0.2, 0.25) is 0 Å². The molecule has 4 heteroatoms. The molecule has 0 saturated heterocycles. The van der Waals surface area contributed by atoms with Gasteiger partial charge >= 0.3 is 0 Å². The maximum atomic E-state index is 5.69. The van der Waals surface area contributed by atoms with Gasteiger partial charge < -0.3 is 15.4 Å². The van der Waals surface area contributed by atoms with E-state index < -0.39 is 0 Å². The van der Waals surface area contributed by atoms with E-state index in [2.05, 4.69) is 18.7 Å². The number of rotatable bonds is 8. The highest BCUT2D eigenvalue weighted by Gasteiger charge is 2.01. The first-order chi connectivity index (χ1) is 8.67. The first-order valence-corrected chi connectivity index (χ1v) is 6.83. The van der Waals surface area contributed by atoms with Gasteiger partial charge in [-0.3, -0.25) is 0 Å². The van der Waals surface area contributed by atoms with Crippen LogP contribution in [-0.4, -0.2) is 36.1 Å². The molecule has 1 aromatic rings. The Morgan fingerprint density at radius 3 is 2.39 bits per heavy atom. The maximum Gasteiger partial charge on any atom is 0.119 e. The van der Waals surface area contributed by atoms with Crippen molar-refractivity contribution in [1.82, 2.24) is 4.90 Å². The minimum Gasteiger partial charge on any atom is -0.492 e. The van der Waals surface area contributed by atoms with Crippen molar-refractivity contribution in [1.29, 1.82) is 0 Å². The van der Waals surface area contributed by atoms with Crippen LogP contribution in [0.4, 0.5) is 0 Å². The van der Waals surface area contributed by atoms with Crippen molar-refractivity contribution >= 4 is 17.2 Å². The number of nitrogens with zero attached hydrogens (tertiary/aromatic N) is 1. The van der Waals surface area contributed by atoms with Gasteiger partial charge in [-0.1, -0.05) is 26.1 Å². The van der Waals surface area contributed by atoms with E-state index in [1.165, 1.54) is 6.42 Å². The summed E-state index contributed by atoms with van der Waals surface area (Å²) in [5.41, 5.74) is 6.41. The van der Waals surface area contributed by atoms with Crippen LogP contribution in [0.5, 0.6) is 5.75 Å². The van der Waals surface area contributed by atoms with Crippen molar-refractivity contribution in [2.45, 2.75) is 20.3 Å². The standard InChI is InChI=1S/C14H22N2OS/c1-3-9-16(4-2)10-11-17-13-7-5-12(6-8-13)14(15)18/h5-8H,3-4,9-11H2,1-2H3,(H2,15,18). The fourth-order valence-electron chi connectivity index (χ4n) is 1.75. The Morgan fingerprint density at radius 2 is 1.89 bits per heavy atom. The Morgan fingerprint density at radius 1 is 1.22 bits per heavy atom. The van der Waals surface area contributed by atoms with Crippen molar-refractivity contribution in [3.8, 4) is 5.75 Å². The van der Waals surface area contributed by atoms with Gasteiger partial charge in [0.25, 0.3) is 0 Å². The molecule has 0 aliphatic heterocycles. The van der Waals surface area contributed by atoms with E-state index in [4.69, 9.17) is 22.7 Å². The Balaban J connectivity index is 2.37. The van der Waals surface area contributed by atoms with Crippen molar-refractivity contribution in [3.05, 3.63) is 29.8 Å². The van der Waals surface area contributed by atoms with Gasteiger partial charge in [0.15, 0.2) is 0 Å². The SMILES string of the molecule is CCCN(CC)CCOc1ccc(C(N)=S)cc1. The van der Waals surface area contributed by atoms with Gasteiger partial charge in [-0.05, 0) is 43.8 Å². The third-order valence-electron chi connectivity index (χ3n) is 2.80. The average Bonchev–Trinajstić information content (AvgIpc) is 2.38. The van der Waals surface area contributed by atoms with E-state index in [0.717, 1.165) is 30.9 Å². The second kappa shape index (κ2) is 8.06. The highest BCUT2D eigenvalue weighted by atomic mass is 32.1. The smallest absolute Gasteiger partial charge is 0.119 e. The lowest BCUT2D eigenvalue weighted by Gasteiger charge is -2.19. The van der Waals surface area contributed by atoms with Gasteiger partial charge in [0.1, 0.15) is 17.3 Å². The lowest BCUT2D eigenvalue weighted by molar-refractivity contribution is 0.216. The summed E-state index contributed by atoms with van der Waals surface area (Å²) >= 11 is 4.90. The Kier molecular flexibility index (Phi) is 6.68. The summed E-state index contributed by atoms with van der Waals surface area (Å²) in [4.78, 5) is 2.80. The summed E-state index contributed by atoms with van der Waals surface area (Å²) in [5.74, 6) is 0.863. The van der Waals surface area contributed by atoms with E-state index in [1.807, 2.05) is 24.3 Å². The number of benzene rings is 1. The quantitative estimate of drug-likeness (QED) is 0.734. The molecule has 0 spiro atoms. The Hall–Kier alpha value is -1.13. The van der Waals surface area contributed by atoms with Gasteiger partial charge in [-0.15, -0.1) is 0 Å². The van der Waals surface area contributed by atoms with Crippen LogP contribution < -0.4 is 10.5 Å². The van der Waals surface area contributed by atoms with Crippen LogP contribution in [0.25, 0.3) is 0 Å². The molecule has 0 fully saturated rings. The molecule has 100 valence electrons. The van der Waals surface area contributed by atoms with Gasteiger partial charge in [-0.25, -0.2) is 0 Å². The molecule has 0 amide bonds. The minimum absolute atomic E-state index is 0.418. The minimum atomic E-state index is 0.418. The highest BCUT2D eigenvalue weighted by Crippen LogP contribution is 2.12. The third-order valence-corrected chi connectivity index (χ3v) is 3.04. The van der Waals surface area contributed by atoms with Crippen molar-refractivity contribution in [3.63, 3.8) is 0 Å². The summed E-state index contributed by atoms with van der Waals surface area (Å²) < 4.78 is 5.69. The Labute approximate surface area is 115 Å².